The largest absolute Gasteiger partial charge is 0.508 e. The number of aryl methyl sites for hydroxylation is 1. The van der Waals surface area contributed by atoms with Crippen molar-refractivity contribution in [1.29, 1.82) is 0 Å². The van der Waals surface area contributed by atoms with Crippen molar-refractivity contribution >= 4 is 16.7 Å². The van der Waals surface area contributed by atoms with Gasteiger partial charge in [-0.25, -0.2) is 0 Å². The number of ether oxygens (including phenoxy) is 1. The molecular formula is C22H25NO5. The number of aliphatic hydroxyl groups is 2. The molecule has 1 aromatic heterocycles. The van der Waals surface area contributed by atoms with Crippen molar-refractivity contribution in [2.45, 2.75) is 37.9 Å². The lowest BCUT2D eigenvalue weighted by Gasteiger charge is -2.38. The number of allylic oxidation sites excluding steroid dienone is 2. The Kier molecular flexibility index (Phi) is 4.45. The van der Waals surface area contributed by atoms with Crippen LogP contribution in [0.25, 0.3) is 10.9 Å². The van der Waals surface area contributed by atoms with Crippen LogP contribution in [-0.4, -0.2) is 51.1 Å². The molecule has 6 nitrogen and oxygen atoms in total. The van der Waals surface area contributed by atoms with Crippen molar-refractivity contribution in [1.82, 2.24) is 4.57 Å². The molecule has 0 fully saturated rings. The quantitative estimate of drug-likeness (QED) is 0.754. The van der Waals surface area contributed by atoms with Gasteiger partial charge >= 0.3 is 0 Å². The van der Waals surface area contributed by atoms with Gasteiger partial charge in [0.25, 0.3) is 0 Å². The predicted molar refractivity (Wildman–Crippen MR) is 106 cm³/mol. The molecule has 0 aliphatic heterocycles. The molecule has 2 aromatic rings. The number of aromatic nitrogens is 1. The van der Waals surface area contributed by atoms with Crippen LogP contribution in [0.2, 0.25) is 0 Å². The van der Waals surface area contributed by atoms with Crippen molar-refractivity contribution in [2.75, 3.05) is 13.2 Å². The number of ketones is 1. The molecule has 4 rings (SSSR count). The normalized spacial score (nSPS) is 21.8. The Balaban J connectivity index is 1.78. The number of nitrogens with zero attached hydrogens (tertiary/aromatic N) is 1. The maximum atomic E-state index is 13.4. The van der Waals surface area contributed by atoms with Crippen molar-refractivity contribution in [3.63, 3.8) is 0 Å². The Labute approximate surface area is 163 Å². The van der Waals surface area contributed by atoms with Crippen molar-refractivity contribution in [2.24, 2.45) is 7.05 Å². The van der Waals surface area contributed by atoms with E-state index in [4.69, 9.17) is 9.84 Å². The van der Waals surface area contributed by atoms with Gasteiger partial charge in [-0.2, -0.15) is 0 Å². The summed E-state index contributed by atoms with van der Waals surface area (Å²) >= 11 is 0. The van der Waals surface area contributed by atoms with Gasteiger partial charge in [0.1, 0.15) is 11.9 Å². The van der Waals surface area contributed by atoms with E-state index in [0.717, 1.165) is 22.2 Å². The maximum absolute atomic E-state index is 13.4. The van der Waals surface area contributed by atoms with Crippen LogP contribution in [-0.2, 0) is 17.2 Å². The molecule has 1 aromatic carbocycles. The molecule has 148 valence electrons. The highest BCUT2D eigenvalue weighted by Crippen LogP contribution is 2.48. The highest BCUT2D eigenvalue weighted by Gasteiger charge is 2.43. The molecule has 0 saturated heterocycles. The predicted octanol–water partition coefficient (Wildman–Crippen LogP) is 2.35. The molecule has 2 aliphatic carbocycles. The number of carbonyl (C=O) groups excluding carboxylic acids is 1. The molecule has 6 heteroatoms. The summed E-state index contributed by atoms with van der Waals surface area (Å²) in [6.45, 7) is 3.90. The van der Waals surface area contributed by atoms with E-state index in [1.165, 1.54) is 0 Å². The van der Waals surface area contributed by atoms with Gasteiger partial charge in [0, 0.05) is 41.6 Å². The molecule has 0 amide bonds. The Morgan fingerprint density at radius 2 is 2.11 bits per heavy atom. The van der Waals surface area contributed by atoms with Gasteiger partial charge in [0.2, 0.25) is 0 Å². The molecule has 2 unspecified atom stereocenters. The Morgan fingerprint density at radius 3 is 2.82 bits per heavy atom. The third-order valence-corrected chi connectivity index (χ3v) is 5.92. The summed E-state index contributed by atoms with van der Waals surface area (Å²) < 4.78 is 7.72. The minimum Gasteiger partial charge on any atom is -0.508 e. The molecule has 28 heavy (non-hydrogen) atoms. The lowest BCUT2D eigenvalue weighted by Crippen LogP contribution is -2.36. The number of aromatic hydroxyl groups is 1. The zero-order valence-corrected chi connectivity index (χ0v) is 16.3. The SMILES string of the molecule is Cn1c2c(c3ccc(O)cc31)C(=O)C1=C(CC(OCC(O)CO)C=C1)C2(C)C. The van der Waals surface area contributed by atoms with Gasteiger partial charge in [-0.3, -0.25) is 4.79 Å². The molecule has 0 radical (unpaired) electrons. The standard InChI is InChI=1S/C22H25NO5/c1-22(2)17-9-14(28-11-13(26)10-24)5-7-15(17)20(27)19-16-6-4-12(25)8-18(16)23(3)21(19)22/h4-8,13-14,24-26H,9-11H2,1-3H3. The smallest absolute Gasteiger partial charge is 0.195 e. The monoisotopic (exact) mass is 383 g/mol. The molecule has 2 aliphatic rings. The summed E-state index contributed by atoms with van der Waals surface area (Å²) in [6, 6.07) is 5.10. The first-order chi connectivity index (χ1) is 13.3. The average molecular weight is 383 g/mol. The third kappa shape index (κ3) is 2.71. The van der Waals surface area contributed by atoms with Gasteiger partial charge in [-0.1, -0.05) is 26.0 Å². The van der Waals surface area contributed by atoms with Gasteiger partial charge in [-0.05, 0) is 17.7 Å². The molecule has 0 bridgehead atoms. The zero-order valence-electron chi connectivity index (χ0n) is 16.3. The molecule has 0 saturated carbocycles. The van der Waals surface area contributed by atoms with Crippen LogP contribution in [0.4, 0.5) is 0 Å². The minimum atomic E-state index is -0.915. The number of Topliss-reactive ketones (excluding diaryl/α,β-unsaturated/α-hetero) is 1. The molecule has 3 N–H and O–H groups in total. The fourth-order valence-electron chi connectivity index (χ4n) is 4.55. The van der Waals surface area contributed by atoms with Crippen molar-refractivity contribution < 1.29 is 24.9 Å². The summed E-state index contributed by atoms with van der Waals surface area (Å²) in [6.07, 6.45) is 3.05. The number of phenols is 1. The van der Waals surface area contributed by atoms with Crippen LogP contribution in [0, 0.1) is 0 Å². The summed E-state index contributed by atoms with van der Waals surface area (Å²) in [7, 11) is 1.92. The number of rotatable bonds is 4. The van der Waals surface area contributed by atoms with E-state index in [-0.39, 0.29) is 30.9 Å². The van der Waals surface area contributed by atoms with Gasteiger partial charge < -0.3 is 24.6 Å². The van der Waals surface area contributed by atoms with Gasteiger partial charge in [0.05, 0.1) is 30.4 Å². The third-order valence-electron chi connectivity index (χ3n) is 5.92. The summed E-state index contributed by atoms with van der Waals surface area (Å²) in [5.41, 5.74) is 3.76. The number of phenolic OH excluding ortho intramolecular Hbond substituents is 1. The fraction of sp³-hybridized carbons (Fsp3) is 0.409. The second-order valence-electron chi connectivity index (χ2n) is 8.10. The second kappa shape index (κ2) is 6.58. The number of carbonyl (C=O) groups is 1. The lowest BCUT2D eigenvalue weighted by atomic mass is 9.67. The van der Waals surface area contributed by atoms with Crippen molar-refractivity contribution in [3.8, 4) is 5.75 Å². The summed E-state index contributed by atoms with van der Waals surface area (Å²) in [5.74, 6) is 0.162. The Hall–Kier alpha value is -2.41. The van der Waals surface area contributed by atoms with E-state index in [9.17, 15) is 15.0 Å². The molecular weight excluding hydrogens is 358 g/mol. The van der Waals surface area contributed by atoms with E-state index < -0.39 is 11.5 Å². The maximum Gasteiger partial charge on any atom is 0.195 e. The molecule has 1 heterocycles. The summed E-state index contributed by atoms with van der Waals surface area (Å²) in [5, 5.41) is 29.3. The van der Waals surface area contributed by atoms with Crippen LogP contribution < -0.4 is 0 Å². The van der Waals surface area contributed by atoms with Crippen LogP contribution in [0.3, 0.4) is 0 Å². The van der Waals surface area contributed by atoms with Gasteiger partial charge in [-0.15, -0.1) is 0 Å². The molecule has 0 spiro atoms. The highest BCUT2D eigenvalue weighted by atomic mass is 16.5. The average Bonchev–Trinajstić information content (AvgIpc) is 2.97. The summed E-state index contributed by atoms with van der Waals surface area (Å²) in [4.78, 5) is 13.4. The van der Waals surface area contributed by atoms with Crippen LogP contribution in [0.5, 0.6) is 5.75 Å². The van der Waals surface area contributed by atoms with E-state index >= 15 is 0 Å². The number of hydrogen-bond acceptors (Lipinski definition) is 5. The first kappa shape index (κ1) is 18.9. The highest BCUT2D eigenvalue weighted by molar-refractivity contribution is 6.21. The second-order valence-corrected chi connectivity index (χ2v) is 8.10. The van der Waals surface area contributed by atoms with Crippen molar-refractivity contribution in [3.05, 3.63) is 52.8 Å². The van der Waals surface area contributed by atoms with Crippen LogP contribution >= 0.6 is 0 Å². The number of hydrogen-bond donors (Lipinski definition) is 3. The number of benzene rings is 1. The minimum absolute atomic E-state index is 0.00860. The van der Waals surface area contributed by atoms with E-state index in [1.54, 1.807) is 18.2 Å². The Morgan fingerprint density at radius 1 is 1.36 bits per heavy atom. The first-order valence-corrected chi connectivity index (χ1v) is 9.44. The number of fused-ring (bicyclic) bond motifs is 3. The van der Waals surface area contributed by atoms with Gasteiger partial charge in [0.15, 0.2) is 5.78 Å². The van der Waals surface area contributed by atoms with Crippen LogP contribution in [0.1, 0.15) is 36.3 Å². The van der Waals surface area contributed by atoms with E-state index in [0.29, 0.717) is 17.6 Å². The Bertz CT molecular complexity index is 1030. The number of aliphatic hydroxyl groups excluding tert-OH is 2. The molecule has 2 atom stereocenters. The van der Waals surface area contributed by atoms with Crippen LogP contribution in [0.15, 0.2) is 41.5 Å². The first-order valence-electron chi connectivity index (χ1n) is 9.44. The van der Waals surface area contributed by atoms with E-state index in [1.807, 2.05) is 23.8 Å². The van der Waals surface area contributed by atoms with E-state index in [2.05, 4.69) is 13.8 Å². The zero-order chi connectivity index (χ0) is 20.2. The topological polar surface area (TPSA) is 91.9 Å². The fourth-order valence-corrected chi connectivity index (χ4v) is 4.55. The lowest BCUT2D eigenvalue weighted by molar-refractivity contribution is -0.0146.